The summed E-state index contributed by atoms with van der Waals surface area (Å²) in [7, 11) is 1.63. The van der Waals surface area contributed by atoms with E-state index in [1.54, 1.807) is 20.0 Å². The number of benzene rings is 2. The van der Waals surface area contributed by atoms with Gasteiger partial charge in [-0.15, -0.1) is 0 Å². The fourth-order valence-corrected chi connectivity index (χ4v) is 2.57. The van der Waals surface area contributed by atoms with Crippen molar-refractivity contribution < 1.29 is 22.7 Å². The fraction of sp³-hybridized carbons (Fsp3) is 0.350. The number of halogens is 3. The van der Waals surface area contributed by atoms with Crippen molar-refractivity contribution in [3.05, 3.63) is 65.2 Å². The maximum atomic E-state index is 12.8. The number of hydrogen-bond donors (Lipinski definition) is 1. The molecule has 0 aliphatic carbocycles. The Hall–Kier alpha value is -2.70. The zero-order valence-corrected chi connectivity index (χ0v) is 15.5. The molecule has 1 unspecified atom stereocenters. The smallest absolute Gasteiger partial charge is 0.416 e. The van der Waals surface area contributed by atoms with Crippen molar-refractivity contribution in [3.8, 4) is 5.75 Å². The van der Waals surface area contributed by atoms with Gasteiger partial charge in [0, 0.05) is 13.6 Å². The maximum Gasteiger partial charge on any atom is 0.416 e. The standard InChI is InChI=1S/C20H23F3N2O2/c1-4-27-18-10-8-15(9-11-18)13-25(3)19(26)24-14(2)16-6-5-7-17(12-16)20(21,22)23/h5-12,14H,4,13H2,1-3H3,(H,24,26). The summed E-state index contributed by atoms with van der Waals surface area (Å²) in [5.41, 5.74) is 0.583. The molecule has 2 rings (SSSR count). The Morgan fingerprint density at radius 2 is 1.85 bits per heavy atom. The number of carbonyl (C=O) groups excluding carboxylic acids is 1. The van der Waals surface area contributed by atoms with Crippen molar-refractivity contribution >= 4 is 6.03 Å². The van der Waals surface area contributed by atoms with Gasteiger partial charge in [-0.25, -0.2) is 4.79 Å². The van der Waals surface area contributed by atoms with Gasteiger partial charge in [-0.3, -0.25) is 0 Å². The molecule has 0 aliphatic heterocycles. The first-order valence-corrected chi connectivity index (χ1v) is 8.61. The number of urea groups is 1. The lowest BCUT2D eigenvalue weighted by Crippen LogP contribution is -2.38. The highest BCUT2D eigenvalue weighted by Crippen LogP contribution is 2.30. The highest BCUT2D eigenvalue weighted by atomic mass is 19.4. The van der Waals surface area contributed by atoms with Crippen LogP contribution in [0.2, 0.25) is 0 Å². The van der Waals surface area contributed by atoms with Gasteiger partial charge in [-0.2, -0.15) is 13.2 Å². The minimum absolute atomic E-state index is 0.367. The average molecular weight is 380 g/mol. The zero-order valence-electron chi connectivity index (χ0n) is 15.5. The topological polar surface area (TPSA) is 41.6 Å². The molecule has 0 aliphatic rings. The van der Waals surface area contributed by atoms with Gasteiger partial charge >= 0.3 is 12.2 Å². The Balaban J connectivity index is 1.97. The largest absolute Gasteiger partial charge is 0.494 e. The van der Waals surface area contributed by atoms with E-state index < -0.39 is 17.8 Å². The zero-order chi connectivity index (χ0) is 20.0. The van der Waals surface area contributed by atoms with Gasteiger partial charge in [-0.05, 0) is 49.2 Å². The normalized spacial score (nSPS) is 12.4. The Morgan fingerprint density at radius 1 is 1.19 bits per heavy atom. The van der Waals surface area contributed by atoms with E-state index in [4.69, 9.17) is 4.74 Å². The van der Waals surface area contributed by atoms with Gasteiger partial charge < -0.3 is 15.0 Å². The van der Waals surface area contributed by atoms with Crippen LogP contribution >= 0.6 is 0 Å². The number of nitrogens with one attached hydrogen (secondary N) is 1. The summed E-state index contributed by atoms with van der Waals surface area (Å²) < 4.78 is 43.9. The van der Waals surface area contributed by atoms with Crippen molar-refractivity contribution in [2.45, 2.75) is 32.6 Å². The van der Waals surface area contributed by atoms with E-state index >= 15 is 0 Å². The van der Waals surface area contributed by atoms with E-state index in [1.165, 1.54) is 11.0 Å². The molecule has 0 saturated carbocycles. The number of alkyl halides is 3. The van der Waals surface area contributed by atoms with Crippen LogP contribution in [0.25, 0.3) is 0 Å². The summed E-state index contributed by atoms with van der Waals surface area (Å²) in [4.78, 5) is 13.8. The Kier molecular flexibility index (Phi) is 6.71. The van der Waals surface area contributed by atoms with Gasteiger partial charge in [0.05, 0.1) is 18.2 Å². The van der Waals surface area contributed by atoms with Crippen LogP contribution in [-0.2, 0) is 12.7 Å². The summed E-state index contributed by atoms with van der Waals surface area (Å²) in [6.45, 7) is 4.50. The average Bonchev–Trinajstić information content (AvgIpc) is 2.63. The van der Waals surface area contributed by atoms with Crippen LogP contribution in [0, 0.1) is 0 Å². The van der Waals surface area contributed by atoms with E-state index in [9.17, 15) is 18.0 Å². The van der Waals surface area contributed by atoms with Gasteiger partial charge in [0.25, 0.3) is 0 Å². The molecular weight excluding hydrogens is 357 g/mol. The summed E-state index contributed by atoms with van der Waals surface area (Å²) >= 11 is 0. The molecule has 0 bridgehead atoms. The number of rotatable bonds is 6. The number of ether oxygens (including phenoxy) is 1. The molecule has 0 aromatic heterocycles. The number of hydrogen-bond acceptors (Lipinski definition) is 2. The van der Waals surface area contributed by atoms with Crippen LogP contribution in [0.15, 0.2) is 48.5 Å². The predicted molar refractivity (Wildman–Crippen MR) is 97.5 cm³/mol. The maximum absolute atomic E-state index is 12.8. The second-order valence-electron chi connectivity index (χ2n) is 6.23. The third-order valence-electron chi connectivity index (χ3n) is 4.05. The molecule has 2 aromatic rings. The second-order valence-corrected chi connectivity index (χ2v) is 6.23. The monoisotopic (exact) mass is 380 g/mol. The molecule has 0 heterocycles. The molecule has 1 N–H and O–H groups in total. The van der Waals surface area contributed by atoms with Crippen molar-refractivity contribution in [2.24, 2.45) is 0 Å². The lowest BCUT2D eigenvalue weighted by atomic mass is 10.1. The summed E-state index contributed by atoms with van der Waals surface area (Å²) in [5.74, 6) is 0.756. The molecule has 0 spiro atoms. The Bertz CT molecular complexity index is 761. The van der Waals surface area contributed by atoms with E-state index in [0.717, 1.165) is 23.4 Å². The molecule has 0 fully saturated rings. The predicted octanol–water partition coefficient (Wildman–Crippen LogP) is 5.01. The van der Waals surface area contributed by atoms with E-state index in [1.807, 2.05) is 31.2 Å². The minimum atomic E-state index is -4.41. The Morgan fingerprint density at radius 3 is 2.44 bits per heavy atom. The second kappa shape index (κ2) is 8.79. The highest BCUT2D eigenvalue weighted by Gasteiger charge is 2.30. The number of amides is 2. The molecule has 7 heteroatoms. The molecular formula is C20H23F3N2O2. The fourth-order valence-electron chi connectivity index (χ4n) is 2.57. The van der Waals surface area contributed by atoms with Crippen LogP contribution in [0.4, 0.5) is 18.0 Å². The van der Waals surface area contributed by atoms with Gasteiger partial charge in [-0.1, -0.05) is 24.3 Å². The van der Waals surface area contributed by atoms with E-state index in [-0.39, 0.29) is 6.03 Å². The Labute approximate surface area is 156 Å². The van der Waals surface area contributed by atoms with Crippen LogP contribution in [0.3, 0.4) is 0 Å². The van der Waals surface area contributed by atoms with E-state index in [0.29, 0.717) is 18.7 Å². The minimum Gasteiger partial charge on any atom is -0.494 e. The molecule has 0 radical (unpaired) electrons. The molecule has 1 atom stereocenters. The number of nitrogens with zero attached hydrogens (tertiary/aromatic N) is 1. The van der Waals surface area contributed by atoms with Gasteiger partial charge in [0.1, 0.15) is 5.75 Å². The molecule has 27 heavy (non-hydrogen) atoms. The summed E-state index contributed by atoms with van der Waals surface area (Å²) in [6.07, 6.45) is -4.41. The van der Waals surface area contributed by atoms with Crippen molar-refractivity contribution in [2.75, 3.05) is 13.7 Å². The van der Waals surface area contributed by atoms with Crippen molar-refractivity contribution in [1.29, 1.82) is 0 Å². The first-order valence-electron chi connectivity index (χ1n) is 8.61. The van der Waals surface area contributed by atoms with E-state index in [2.05, 4.69) is 5.32 Å². The quantitative estimate of drug-likeness (QED) is 0.766. The van der Waals surface area contributed by atoms with Gasteiger partial charge in [0.2, 0.25) is 0 Å². The first kappa shape index (κ1) is 20.6. The van der Waals surface area contributed by atoms with Crippen LogP contribution in [0.1, 0.15) is 36.6 Å². The third-order valence-corrected chi connectivity index (χ3v) is 4.05. The summed E-state index contributed by atoms with van der Waals surface area (Å²) in [5, 5.41) is 2.72. The van der Waals surface area contributed by atoms with Crippen LogP contribution < -0.4 is 10.1 Å². The molecule has 2 amide bonds. The lowest BCUT2D eigenvalue weighted by molar-refractivity contribution is -0.137. The lowest BCUT2D eigenvalue weighted by Gasteiger charge is -2.22. The number of carbonyl (C=O) groups is 1. The van der Waals surface area contributed by atoms with Crippen molar-refractivity contribution in [1.82, 2.24) is 10.2 Å². The third kappa shape index (κ3) is 5.91. The van der Waals surface area contributed by atoms with Crippen molar-refractivity contribution in [3.63, 3.8) is 0 Å². The van der Waals surface area contributed by atoms with Crippen LogP contribution in [0.5, 0.6) is 5.75 Å². The van der Waals surface area contributed by atoms with Crippen LogP contribution in [-0.4, -0.2) is 24.6 Å². The van der Waals surface area contributed by atoms with Gasteiger partial charge in [0.15, 0.2) is 0 Å². The first-order chi connectivity index (χ1) is 12.7. The highest BCUT2D eigenvalue weighted by molar-refractivity contribution is 5.74. The SMILES string of the molecule is CCOc1ccc(CN(C)C(=O)NC(C)c2cccc(C(F)(F)F)c2)cc1. The molecule has 2 aromatic carbocycles. The molecule has 4 nitrogen and oxygen atoms in total. The molecule has 0 saturated heterocycles. The molecule has 146 valence electrons. The summed E-state index contributed by atoms with van der Waals surface area (Å²) in [6, 6.07) is 11.4.